The first-order valence-electron chi connectivity index (χ1n) is 11.0. The number of carbonyl (C=O) groups is 2. The van der Waals surface area contributed by atoms with Crippen LogP contribution in [0.1, 0.15) is 29.9 Å². The molecule has 0 radical (unpaired) electrons. The minimum Gasteiger partial charge on any atom is -0.406 e. The van der Waals surface area contributed by atoms with E-state index in [4.69, 9.17) is 0 Å². The van der Waals surface area contributed by atoms with E-state index in [0.717, 1.165) is 25.0 Å². The summed E-state index contributed by atoms with van der Waals surface area (Å²) >= 11 is 0. The zero-order valence-corrected chi connectivity index (χ0v) is 18.6. The number of rotatable bonds is 10. The van der Waals surface area contributed by atoms with Crippen molar-refractivity contribution >= 4 is 23.4 Å². The van der Waals surface area contributed by atoms with E-state index in [1.54, 1.807) is 23.3 Å². The Morgan fingerprint density at radius 1 is 1.14 bits per heavy atom. The van der Waals surface area contributed by atoms with Crippen LogP contribution in [0.5, 0.6) is 5.75 Å². The molecule has 3 aromatic rings. The maximum absolute atomic E-state index is 12.7. The molecule has 1 fully saturated rings. The van der Waals surface area contributed by atoms with Crippen molar-refractivity contribution in [2.45, 2.75) is 38.7 Å². The van der Waals surface area contributed by atoms with Crippen molar-refractivity contribution in [3.8, 4) is 5.75 Å². The largest absolute Gasteiger partial charge is 0.573 e. The van der Waals surface area contributed by atoms with Gasteiger partial charge in [-0.15, -0.1) is 13.2 Å². The van der Waals surface area contributed by atoms with Crippen LogP contribution in [0.15, 0.2) is 49.2 Å². The number of alkyl halides is 3. The molecule has 13 heteroatoms. The van der Waals surface area contributed by atoms with E-state index in [9.17, 15) is 22.8 Å². The fraction of sp³-hybridized carbons (Fsp3) is 0.364. The molecule has 4 rings (SSSR count). The van der Waals surface area contributed by atoms with Gasteiger partial charge in [-0.2, -0.15) is 0 Å². The van der Waals surface area contributed by atoms with Gasteiger partial charge in [-0.1, -0.05) is 0 Å². The second-order valence-electron chi connectivity index (χ2n) is 8.11. The first-order chi connectivity index (χ1) is 16.7. The van der Waals surface area contributed by atoms with Crippen LogP contribution in [-0.4, -0.2) is 43.9 Å². The topological polar surface area (TPSA) is 115 Å². The number of urea groups is 1. The predicted molar refractivity (Wildman–Crippen MR) is 120 cm³/mol. The molecule has 0 spiro atoms. The summed E-state index contributed by atoms with van der Waals surface area (Å²) in [6, 6.07) is 4.06. The molecule has 10 nitrogen and oxygen atoms in total. The highest BCUT2D eigenvalue weighted by molar-refractivity contribution is 5.99. The molecule has 2 aromatic heterocycles. The van der Waals surface area contributed by atoms with Crippen LogP contribution in [0.2, 0.25) is 0 Å². The maximum atomic E-state index is 12.7. The summed E-state index contributed by atoms with van der Waals surface area (Å²) in [5, 5.41) is 7.90. The number of imidazole rings is 2. The Kier molecular flexibility index (Phi) is 7.22. The zero-order valence-electron chi connectivity index (χ0n) is 18.6. The lowest BCUT2D eigenvalue weighted by atomic mass is 10.3. The number of hydrogen-bond acceptors (Lipinski definition) is 5. The van der Waals surface area contributed by atoms with Crippen LogP contribution < -0.4 is 20.7 Å². The molecule has 1 saturated carbocycles. The predicted octanol–water partition coefficient (Wildman–Crippen LogP) is 3.85. The first kappa shape index (κ1) is 24.1. The quantitative estimate of drug-likeness (QED) is 0.373. The van der Waals surface area contributed by atoms with Crippen LogP contribution in [0.4, 0.5) is 29.5 Å². The zero-order chi connectivity index (χ0) is 24.8. The third kappa shape index (κ3) is 7.48. The Bertz CT molecular complexity index is 1140. The minimum atomic E-state index is -4.80. The van der Waals surface area contributed by atoms with Gasteiger partial charge in [0.15, 0.2) is 5.82 Å². The molecule has 2 heterocycles. The van der Waals surface area contributed by atoms with Gasteiger partial charge < -0.3 is 24.5 Å². The van der Waals surface area contributed by atoms with Crippen molar-refractivity contribution in [1.29, 1.82) is 0 Å². The highest BCUT2D eigenvalue weighted by Gasteiger charge is 2.31. The van der Waals surface area contributed by atoms with E-state index in [1.165, 1.54) is 12.1 Å². The number of aromatic nitrogens is 4. The molecule has 1 aromatic carbocycles. The summed E-state index contributed by atoms with van der Waals surface area (Å²) in [6.45, 7) is 1.78. The van der Waals surface area contributed by atoms with E-state index in [2.05, 4.69) is 30.7 Å². The van der Waals surface area contributed by atoms with Gasteiger partial charge in [0, 0.05) is 43.9 Å². The average Bonchev–Trinajstić information content (AvgIpc) is 3.28. The first-order valence-corrected chi connectivity index (χ1v) is 11.0. The summed E-state index contributed by atoms with van der Waals surface area (Å²) in [5.74, 6) is 0.108. The molecule has 35 heavy (non-hydrogen) atoms. The van der Waals surface area contributed by atoms with Crippen molar-refractivity contribution in [1.82, 2.24) is 24.4 Å². The number of aryl methyl sites for hydroxylation is 1. The van der Waals surface area contributed by atoms with Crippen LogP contribution in [-0.2, 0) is 13.1 Å². The number of carbonyl (C=O) groups excluding carboxylic acids is 2. The molecule has 0 bridgehead atoms. The van der Waals surface area contributed by atoms with Crippen LogP contribution >= 0.6 is 0 Å². The van der Waals surface area contributed by atoms with Crippen LogP contribution in [0.3, 0.4) is 0 Å². The number of nitrogens with zero attached hydrogens (tertiary/aromatic N) is 4. The molecular formula is C22H24F3N7O3. The number of nitrogens with one attached hydrogen (secondary N) is 3. The molecule has 1 aliphatic rings. The number of ether oxygens (including phenoxy) is 1. The number of benzene rings is 1. The lowest BCUT2D eigenvalue weighted by molar-refractivity contribution is -0.274. The Hall–Kier alpha value is -4.03. The lowest BCUT2D eigenvalue weighted by Gasteiger charge is -2.10. The van der Waals surface area contributed by atoms with Crippen molar-refractivity contribution in [3.63, 3.8) is 0 Å². The standard InChI is InChI=1S/C22H24F3N7O3/c23-22(24,25)35-17-6-4-16(5-7-17)28-21(34)30-18-13-32(12-15-2-3-15)19(29-18)20(33)27-8-1-10-31-11-9-26-14-31/h4-7,9,11,13-15H,1-3,8,10,12H2,(H,27,33)(H2,28,30,34). The molecule has 0 aliphatic heterocycles. The highest BCUT2D eigenvalue weighted by atomic mass is 19.4. The number of amides is 3. The monoisotopic (exact) mass is 491 g/mol. The molecule has 0 atom stereocenters. The Labute approximate surface area is 198 Å². The van der Waals surface area contributed by atoms with E-state index in [0.29, 0.717) is 32.0 Å². The molecule has 186 valence electrons. The van der Waals surface area contributed by atoms with Gasteiger partial charge in [0.25, 0.3) is 5.91 Å². The van der Waals surface area contributed by atoms with Gasteiger partial charge in [0.05, 0.1) is 6.33 Å². The second-order valence-corrected chi connectivity index (χ2v) is 8.11. The van der Waals surface area contributed by atoms with Gasteiger partial charge in [-0.05, 0) is 49.4 Å². The molecular weight excluding hydrogens is 467 g/mol. The summed E-state index contributed by atoms with van der Waals surface area (Å²) in [4.78, 5) is 33.3. The average molecular weight is 491 g/mol. The number of hydrogen-bond donors (Lipinski definition) is 3. The minimum absolute atomic E-state index is 0.184. The normalized spacial score (nSPS) is 13.3. The second kappa shape index (κ2) is 10.5. The summed E-state index contributed by atoms with van der Waals surface area (Å²) in [6.07, 6.45) is 4.90. The summed E-state index contributed by atoms with van der Waals surface area (Å²) in [5.41, 5.74) is 0.255. The van der Waals surface area contributed by atoms with Gasteiger partial charge >= 0.3 is 12.4 Å². The molecule has 3 N–H and O–H groups in total. The van der Waals surface area contributed by atoms with E-state index in [1.807, 2.05) is 10.8 Å². The van der Waals surface area contributed by atoms with Gasteiger partial charge in [0.1, 0.15) is 5.75 Å². The Balaban J connectivity index is 1.33. The van der Waals surface area contributed by atoms with E-state index >= 15 is 0 Å². The van der Waals surface area contributed by atoms with Crippen molar-refractivity contribution in [2.75, 3.05) is 17.2 Å². The van der Waals surface area contributed by atoms with Crippen LogP contribution in [0.25, 0.3) is 0 Å². The Morgan fingerprint density at radius 2 is 1.91 bits per heavy atom. The highest BCUT2D eigenvalue weighted by Crippen LogP contribution is 2.31. The molecule has 3 amide bonds. The Morgan fingerprint density at radius 3 is 2.57 bits per heavy atom. The van der Waals surface area contributed by atoms with Crippen LogP contribution in [0, 0.1) is 5.92 Å². The van der Waals surface area contributed by atoms with Crippen molar-refractivity contribution in [2.24, 2.45) is 5.92 Å². The lowest BCUT2D eigenvalue weighted by Crippen LogP contribution is -2.28. The van der Waals surface area contributed by atoms with E-state index < -0.39 is 18.1 Å². The maximum Gasteiger partial charge on any atom is 0.573 e. The van der Waals surface area contributed by atoms with Gasteiger partial charge in [-0.25, -0.2) is 14.8 Å². The smallest absolute Gasteiger partial charge is 0.406 e. The number of halogens is 3. The molecule has 1 aliphatic carbocycles. The number of anilines is 2. The molecule has 0 saturated heterocycles. The SMILES string of the molecule is O=C(Nc1ccc(OC(F)(F)F)cc1)Nc1cn(CC2CC2)c(C(=O)NCCCn2ccnc2)n1. The summed E-state index contributed by atoms with van der Waals surface area (Å²) < 4.78 is 44.3. The van der Waals surface area contributed by atoms with Crippen molar-refractivity contribution < 1.29 is 27.5 Å². The van der Waals surface area contributed by atoms with Gasteiger partial charge in [0.2, 0.25) is 5.82 Å². The fourth-order valence-electron chi connectivity index (χ4n) is 3.36. The van der Waals surface area contributed by atoms with Gasteiger partial charge in [-0.3, -0.25) is 10.1 Å². The molecule has 0 unspecified atom stereocenters. The third-order valence-electron chi connectivity index (χ3n) is 5.16. The van der Waals surface area contributed by atoms with Crippen molar-refractivity contribution in [3.05, 3.63) is 55.0 Å². The van der Waals surface area contributed by atoms with E-state index in [-0.39, 0.29) is 23.2 Å². The fourth-order valence-corrected chi connectivity index (χ4v) is 3.36. The third-order valence-corrected chi connectivity index (χ3v) is 5.16. The summed E-state index contributed by atoms with van der Waals surface area (Å²) in [7, 11) is 0.